The van der Waals surface area contributed by atoms with Crippen LogP contribution in [0.2, 0.25) is 0 Å². The van der Waals surface area contributed by atoms with Crippen LogP contribution in [0.15, 0.2) is 30.3 Å². The first-order valence-electron chi connectivity index (χ1n) is 6.61. The molecule has 0 aliphatic carbocycles. The Morgan fingerprint density at radius 3 is 2.28 bits per heavy atom. The highest BCUT2D eigenvalue weighted by atomic mass is 32.1. The Balaban J connectivity index is 2.77. The van der Waals surface area contributed by atoms with Crippen molar-refractivity contribution in [3.8, 4) is 0 Å². The van der Waals surface area contributed by atoms with Crippen molar-refractivity contribution >= 4 is 17.2 Å². The van der Waals surface area contributed by atoms with Crippen LogP contribution >= 0.6 is 12.2 Å². The van der Waals surface area contributed by atoms with E-state index >= 15 is 0 Å². The standard InChI is InChI=1S/C15H24N2S/c1-4-17(10-12(2)3)11-14(15(16)18)13-8-6-5-7-9-13/h5-9,12,14H,4,10-11H2,1-3H3,(H2,16,18). The van der Waals surface area contributed by atoms with Crippen LogP contribution in [0, 0.1) is 5.92 Å². The van der Waals surface area contributed by atoms with Gasteiger partial charge in [0.15, 0.2) is 0 Å². The second-order valence-electron chi connectivity index (χ2n) is 5.11. The smallest absolute Gasteiger partial charge is 0.0816 e. The molecule has 2 N–H and O–H groups in total. The number of benzene rings is 1. The first-order valence-corrected chi connectivity index (χ1v) is 7.02. The van der Waals surface area contributed by atoms with Crippen molar-refractivity contribution in [1.29, 1.82) is 0 Å². The van der Waals surface area contributed by atoms with Gasteiger partial charge in [0.2, 0.25) is 0 Å². The molecule has 0 aromatic heterocycles. The largest absolute Gasteiger partial charge is 0.393 e. The summed E-state index contributed by atoms with van der Waals surface area (Å²) in [6.07, 6.45) is 0. The minimum atomic E-state index is 0.153. The number of nitrogens with two attached hydrogens (primary N) is 1. The summed E-state index contributed by atoms with van der Waals surface area (Å²) in [6, 6.07) is 10.3. The summed E-state index contributed by atoms with van der Waals surface area (Å²) in [6.45, 7) is 9.69. The number of likely N-dealkylation sites (N-methyl/N-ethyl adjacent to an activating group) is 1. The summed E-state index contributed by atoms with van der Waals surface area (Å²) in [7, 11) is 0. The van der Waals surface area contributed by atoms with Crippen molar-refractivity contribution in [2.24, 2.45) is 11.7 Å². The Labute approximate surface area is 116 Å². The van der Waals surface area contributed by atoms with Crippen LogP contribution in [-0.2, 0) is 0 Å². The molecule has 0 aliphatic rings. The van der Waals surface area contributed by atoms with E-state index in [2.05, 4.69) is 37.8 Å². The van der Waals surface area contributed by atoms with Crippen LogP contribution in [0.4, 0.5) is 0 Å². The van der Waals surface area contributed by atoms with Crippen molar-refractivity contribution in [2.75, 3.05) is 19.6 Å². The number of nitrogens with zero attached hydrogens (tertiary/aromatic N) is 1. The molecule has 3 heteroatoms. The van der Waals surface area contributed by atoms with Crippen LogP contribution in [0.25, 0.3) is 0 Å². The van der Waals surface area contributed by atoms with E-state index in [1.165, 1.54) is 5.56 Å². The highest BCUT2D eigenvalue weighted by molar-refractivity contribution is 7.80. The Morgan fingerprint density at radius 2 is 1.83 bits per heavy atom. The summed E-state index contributed by atoms with van der Waals surface area (Å²) in [5, 5.41) is 0. The third-order valence-electron chi connectivity index (χ3n) is 3.06. The Bertz CT molecular complexity index is 362. The lowest BCUT2D eigenvalue weighted by atomic mass is 9.98. The van der Waals surface area contributed by atoms with Gasteiger partial charge >= 0.3 is 0 Å². The molecule has 0 spiro atoms. The van der Waals surface area contributed by atoms with Gasteiger partial charge < -0.3 is 10.6 Å². The quantitative estimate of drug-likeness (QED) is 0.768. The van der Waals surface area contributed by atoms with Gasteiger partial charge in [-0.1, -0.05) is 63.3 Å². The number of hydrogen-bond donors (Lipinski definition) is 1. The molecular weight excluding hydrogens is 240 g/mol. The molecule has 0 radical (unpaired) electrons. The lowest BCUT2D eigenvalue weighted by molar-refractivity contribution is 0.254. The van der Waals surface area contributed by atoms with E-state index in [4.69, 9.17) is 18.0 Å². The summed E-state index contributed by atoms with van der Waals surface area (Å²) >= 11 is 5.23. The maximum absolute atomic E-state index is 5.91. The Kier molecular flexibility index (Phi) is 6.30. The first kappa shape index (κ1) is 15.1. The van der Waals surface area contributed by atoms with Crippen molar-refractivity contribution < 1.29 is 0 Å². The van der Waals surface area contributed by atoms with E-state index in [1.54, 1.807) is 0 Å². The van der Waals surface area contributed by atoms with Crippen molar-refractivity contribution in [3.05, 3.63) is 35.9 Å². The third-order valence-corrected chi connectivity index (χ3v) is 3.34. The zero-order valence-corrected chi connectivity index (χ0v) is 12.4. The molecule has 0 heterocycles. The predicted octanol–water partition coefficient (Wildman–Crippen LogP) is 3.03. The second-order valence-corrected chi connectivity index (χ2v) is 5.58. The Morgan fingerprint density at radius 1 is 1.22 bits per heavy atom. The molecule has 1 unspecified atom stereocenters. The van der Waals surface area contributed by atoms with Crippen LogP contribution in [0.3, 0.4) is 0 Å². The Hall–Kier alpha value is -0.930. The van der Waals surface area contributed by atoms with Gasteiger partial charge in [-0.2, -0.15) is 0 Å². The maximum Gasteiger partial charge on any atom is 0.0816 e. The fourth-order valence-corrected chi connectivity index (χ4v) is 2.36. The molecule has 100 valence electrons. The van der Waals surface area contributed by atoms with Crippen molar-refractivity contribution in [3.63, 3.8) is 0 Å². The topological polar surface area (TPSA) is 29.3 Å². The maximum atomic E-state index is 5.91. The summed E-state index contributed by atoms with van der Waals surface area (Å²) in [5.74, 6) is 0.813. The fraction of sp³-hybridized carbons (Fsp3) is 0.533. The van der Waals surface area contributed by atoms with Crippen LogP contribution in [0.5, 0.6) is 0 Å². The molecule has 1 rings (SSSR count). The number of thiocarbonyl (C=S) groups is 1. The zero-order valence-electron chi connectivity index (χ0n) is 11.6. The molecule has 0 saturated carbocycles. The van der Waals surface area contributed by atoms with Gasteiger partial charge in [0.1, 0.15) is 0 Å². The average Bonchev–Trinajstić information content (AvgIpc) is 2.34. The lowest BCUT2D eigenvalue weighted by Gasteiger charge is -2.27. The van der Waals surface area contributed by atoms with Gasteiger partial charge in [0.25, 0.3) is 0 Å². The van der Waals surface area contributed by atoms with Gasteiger partial charge in [-0.3, -0.25) is 0 Å². The second kappa shape index (κ2) is 7.49. The van der Waals surface area contributed by atoms with Crippen molar-refractivity contribution in [1.82, 2.24) is 4.90 Å². The normalized spacial score (nSPS) is 12.9. The van der Waals surface area contributed by atoms with Crippen LogP contribution in [0.1, 0.15) is 32.3 Å². The van der Waals surface area contributed by atoms with Gasteiger partial charge in [-0.25, -0.2) is 0 Å². The van der Waals surface area contributed by atoms with E-state index in [-0.39, 0.29) is 5.92 Å². The molecule has 1 aromatic carbocycles. The van der Waals surface area contributed by atoms with Crippen LogP contribution in [-0.4, -0.2) is 29.5 Å². The van der Waals surface area contributed by atoms with Gasteiger partial charge in [-0.05, 0) is 18.0 Å². The minimum absolute atomic E-state index is 0.153. The number of hydrogen-bond acceptors (Lipinski definition) is 2. The SMILES string of the molecule is CCN(CC(C)C)CC(C(N)=S)c1ccccc1. The molecule has 18 heavy (non-hydrogen) atoms. The van der Waals surface area contributed by atoms with Gasteiger partial charge in [0, 0.05) is 19.0 Å². The zero-order chi connectivity index (χ0) is 13.5. The molecule has 0 aliphatic heterocycles. The summed E-state index contributed by atoms with van der Waals surface area (Å²) in [5.41, 5.74) is 7.12. The molecule has 1 atom stereocenters. The van der Waals surface area contributed by atoms with Gasteiger partial charge in [0.05, 0.1) is 4.99 Å². The minimum Gasteiger partial charge on any atom is -0.393 e. The highest BCUT2D eigenvalue weighted by Crippen LogP contribution is 2.18. The van der Waals surface area contributed by atoms with E-state index in [1.807, 2.05) is 18.2 Å². The third kappa shape index (κ3) is 4.75. The lowest BCUT2D eigenvalue weighted by Crippen LogP contribution is -2.36. The molecule has 0 saturated heterocycles. The number of rotatable bonds is 7. The van der Waals surface area contributed by atoms with E-state index in [0.717, 1.165) is 19.6 Å². The van der Waals surface area contributed by atoms with E-state index in [9.17, 15) is 0 Å². The molecule has 2 nitrogen and oxygen atoms in total. The molecule has 1 aromatic rings. The highest BCUT2D eigenvalue weighted by Gasteiger charge is 2.18. The first-order chi connectivity index (χ1) is 8.54. The molecule has 0 amide bonds. The van der Waals surface area contributed by atoms with Crippen LogP contribution < -0.4 is 5.73 Å². The van der Waals surface area contributed by atoms with Crippen molar-refractivity contribution in [2.45, 2.75) is 26.7 Å². The van der Waals surface area contributed by atoms with E-state index in [0.29, 0.717) is 10.9 Å². The summed E-state index contributed by atoms with van der Waals surface area (Å²) in [4.78, 5) is 3.00. The summed E-state index contributed by atoms with van der Waals surface area (Å²) < 4.78 is 0. The van der Waals surface area contributed by atoms with E-state index < -0.39 is 0 Å². The predicted molar refractivity (Wildman–Crippen MR) is 82.9 cm³/mol. The molecule has 0 bridgehead atoms. The monoisotopic (exact) mass is 264 g/mol. The van der Waals surface area contributed by atoms with Gasteiger partial charge in [-0.15, -0.1) is 0 Å². The molecular formula is C15H24N2S. The average molecular weight is 264 g/mol. The molecule has 0 fully saturated rings. The fourth-order valence-electron chi connectivity index (χ4n) is 2.15.